The van der Waals surface area contributed by atoms with Crippen LogP contribution in [0.25, 0.3) is 0 Å². The highest BCUT2D eigenvalue weighted by atomic mass is 16.1. The number of rotatable bonds is 6. The summed E-state index contributed by atoms with van der Waals surface area (Å²) in [5, 5.41) is 3.39. The largest absolute Gasteiger partial charge is 0.341 e. The molecule has 5 nitrogen and oxygen atoms in total. The van der Waals surface area contributed by atoms with Gasteiger partial charge in [0.05, 0.1) is 19.1 Å². The third-order valence-corrected chi connectivity index (χ3v) is 3.67. The maximum Gasteiger partial charge on any atom is 0.341 e. The zero-order chi connectivity index (χ0) is 14.6. The predicted octanol–water partition coefficient (Wildman–Crippen LogP) is 0.274. The lowest BCUT2D eigenvalue weighted by Gasteiger charge is -2.24. The number of guanidine groups is 1. The van der Waals surface area contributed by atoms with Crippen molar-refractivity contribution in [1.29, 1.82) is 0 Å². The molecule has 1 unspecified atom stereocenters. The molecule has 0 aromatic rings. The van der Waals surface area contributed by atoms with Gasteiger partial charge in [0.2, 0.25) is 0 Å². The van der Waals surface area contributed by atoms with Crippen molar-refractivity contribution in [3.05, 3.63) is 0 Å². The number of Topliss-reactive ketones (excluding diaryl/α,β-unsaturated/α-hetero) is 1. The molecule has 1 aliphatic rings. The zero-order valence-corrected chi connectivity index (χ0v) is 12.6. The Bertz CT molecular complexity index is 345. The number of ketones is 1. The van der Waals surface area contributed by atoms with Crippen molar-refractivity contribution in [2.24, 2.45) is 23.3 Å². The highest BCUT2D eigenvalue weighted by Crippen LogP contribution is 2.20. The summed E-state index contributed by atoms with van der Waals surface area (Å²) in [6.07, 6.45) is 1.93. The van der Waals surface area contributed by atoms with Crippen LogP contribution >= 0.6 is 0 Å². The Kier molecular flexibility index (Phi) is 5.79. The van der Waals surface area contributed by atoms with Gasteiger partial charge < -0.3 is 5.32 Å². The van der Waals surface area contributed by atoms with Crippen molar-refractivity contribution in [1.82, 2.24) is 5.32 Å². The van der Waals surface area contributed by atoms with E-state index in [1.165, 1.54) is 0 Å². The first kappa shape index (κ1) is 16.0. The lowest BCUT2D eigenvalue weighted by Crippen LogP contribution is -2.44. The third-order valence-electron chi connectivity index (χ3n) is 3.67. The summed E-state index contributed by atoms with van der Waals surface area (Å²) in [6.45, 7) is 9.84. The van der Waals surface area contributed by atoms with Gasteiger partial charge in [-0.25, -0.2) is 0 Å². The van der Waals surface area contributed by atoms with Crippen molar-refractivity contribution >= 4 is 11.7 Å². The highest BCUT2D eigenvalue weighted by molar-refractivity contribution is 5.85. The van der Waals surface area contributed by atoms with Gasteiger partial charge in [-0.05, 0) is 18.8 Å². The van der Waals surface area contributed by atoms with Gasteiger partial charge in [0.15, 0.2) is 5.78 Å². The van der Waals surface area contributed by atoms with E-state index in [1.807, 2.05) is 18.4 Å². The van der Waals surface area contributed by atoms with E-state index in [4.69, 9.17) is 11.5 Å². The first-order valence-electron chi connectivity index (χ1n) is 7.23. The second-order valence-electron chi connectivity index (χ2n) is 6.19. The minimum Gasteiger partial charge on any atom is -0.305 e. The normalized spacial score (nSPS) is 21.2. The average Bonchev–Trinajstić information content (AvgIpc) is 2.75. The summed E-state index contributed by atoms with van der Waals surface area (Å²) in [4.78, 5) is 12.3. The standard InChI is InChI=1S/C14H28N4O/c1-9(2)13(19)12(17-10(3)4)7-11-5-6-18(8-11)14(15)16/h9-12,17H,5-8H2,1-4H3,(H3,15,16)/p+1/t11?,12-/m0/s1. The molecule has 19 heavy (non-hydrogen) atoms. The zero-order valence-electron chi connectivity index (χ0n) is 12.6. The minimum atomic E-state index is -0.0519. The van der Waals surface area contributed by atoms with E-state index in [9.17, 15) is 4.79 Å². The molecule has 0 bridgehead atoms. The van der Waals surface area contributed by atoms with Gasteiger partial charge >= 0.3 is 5.96 Å². The molecule has 0 amide bonds. The first-order valence-corrected chi connectivity index (χ1v) is 7.23. The Hall–Kier alpha value is -1.10. The lowest BCUT2D eigenvalue weighted by molar-refractivity contribution is -0.510. The average molecular weight is 269 g/mol. The van der Waals surface area contributed by atoms with E-state index in [2.05, 4.69) is 19.2 Å². The van der Waals surface area contributed by atoms with E-state index in [1.54, 1.807) is 0 Å². The van der Waals surface area contributed by atoms with Crippen LogP contribution < -0.4 is 16.8 Å². The smallest absolute Gasteiger partial charge is 0.305 e. The number of carbonyl (C=O) groups is 1. The molecule has 1 fully saturated rings. The molecule has 0 aliphatic carbocycles. The number of hydrogen-bond acceptors (Lipinski definition) is 2. The van der Waals surface area contributed by atoms with Crippen LogP contribution in [0, 0.1) is 11.8 Å². The summed E-state index contributed by atoms with van der Waals surface area (Å²) in [6, 6.07) is 0.264. The predicted molar refractivity (Wildman–Crippen MR) is 78.0 cm³/mol. The van der Waals surface area contributed by atoms with E-state index in [0.717, 1.165) is 25.9 Å². The van der Waals surface area contributed by atoms with Gasteiger partial charge in [-0.1, -0.05) is 27.7 Å². The Morgan fingerprint density at radius 1 is 1.32 bits per heavy atom. The third kappa shape index (κ3) is 4.82. The van der Waals surface area contributed by atoms with Gasteiger partial charge in [0.1, 0.15) is 0 Å². The topological polar surface area (TPSA) is 84.2 Å². The van der Waals surface area contributed by atoms with Crippen LogP contribution in [0.4, 0.5) is 0 Å². The molecule has 110 valence electrons. The van der Waals surface area contributed by atoms with Gasteiger partial charge in [0, 0.05) is 12.0 Å². The van der Waals surface area contributed by atoms with E-state index in [0.29, 0.717) is 23.7 Å². The molecule has 0 aromatic carbocycles. The molecule has 1 aliphatic heterocycles. The Labute approximate surface area is 116 Å². The quantitative estimate of drug-likeness (QED) is 0.477. The van der Waals surface area contributed by atoms with Crippen molar-refractivity contribution in [2.45, 2.75) is 52.6 Å². The number of carbonyl (C=O) groups excluding carboxylic acids is 1. The van der Waals surface area contributed by atoms with Gasteiger partial charge in [0.25, 0.3) is 0 Å². The van der Waals surface area contributed by atoms with Crippen LogP contribution in [-0.2, 0) is 4.79 Å². The minimum absolute atomic E-state index is 0.0519. The summed E-state index contributed by atoms with van der Waals surface area (Å²) in [5.41, 5.74) is 11.2. The van der Waals surface area contributed by atoms with Gasteiger partial charge in [-0.15, -0.1) is 0 Å². The van der Waals surface area contributed by atoms with Crippen molar-refractivity contribution in [3.8, 4) is 0 Å². The number of nitrogens with zero attached hydrogens (tertiary/aromatic N) is 1. The molecule has 1 saturated heterocycles. The summed E-state index contributed by atoms with van der Waals surface area (Å²) >= 11 is 0. The first-order chi connectivity index (χ1) is 8.81. The Morgan fingerprint density at radius 3 is 2.37 bits per heavy atom. The summed E-state index contributed by atoms with van der Waals surface area (Å²) in [7, 11) is 0. The SMILES string of the molecule is CC(C)N[C@@H](CC1CC[N+](=C(N)N)C1)C(=O)C(C)C. The molecule has 1 heterocycles. The van der Waals surface area contributed by atoms with Crippen LogP contribution in [0.1, 0.15) is 40.5 Å². The van der Waals surface area contributed by atoms with E-state index in [-0.39, 0.29) is 12.0 Å². The maximum absolute atomic E-state index is 12.3. The molecular formula is C14H29N4O+. The Morgan fingerprint density at radius 2 is 1.95 bits per heavy atom. The van der Waals surface area contributed by atoms with Gasteiger partial charge in [-0.2, -0.15) is 0 Å². The van der Waals surface area contributed by atoms with Crippen molar-refractivity contribution in [2.75, 3.05) is 13.1 Å². The molecule has 1 rings (SSSR count). The second-order valence-corrected chi connectivity index (χ2v) is 6.19. The fourth-order valence-electron chi connectivity index (χ4n) is 2.66. The molecule has 5 N–H and O–H groups in total. The lowest BCUT2D eigenvalue weighted by atomic mass is 9.91. The Balaban J connectivity index is 2.63. The monoisotopic (exact) mass is 269 g/mol. The molecular weight excluding hydrogens is 240 g/mol. The fourth-order valence-corrected chi connectivity index (χ4v) is 2.66. The second kappa shape index (κ2) is 6.89. The van der Waals surface area contributed by atoms with E-state index >= 15 is 0 Å². The molecule has 5 heteroatoms. The van der Waals surface area contributed by atoms with Crippen LogP contribution in [0.5, 0.6) is 0 Å². The van der Waals surface area contributed by atoms with Crippen molar-refractivity contribution < 1.29 is 9.37 Å². The molecule has 0 spiro atoms. The molecule has 0 aromatic heterocycles. The molecule has 2 atom stereocenters. The van der Waals surface area contributed by atoms with Crippen LogP contribution in [-0.4, -0.2) is 41.5 Å². The van der Waals surface area contributed by atoms with Crippen LogP contribution in [0.2, 0.25) is 0 Å². The maximum atomic E-state index is 12.3. The highest BCUT2D eigenvalue weighted by Gasteiger charge is 2.29. The number of nitrogens with two attached hydrogens (primary N) is 2. The number of nitrogens with one attached hydrogen (secondary N) is 1. The van der Waals surface area contributed by atoms with Crippen molar-refractivity contribution in [3.63, 3.8) is 0 Å². The van der Waals surface area contributed by atoms with Crippen LogP contribution in [0.15, 0.2) is 0 Å². The van der Waals surface area contributed by atoms with E-state index < -0.39 is 0 Å². The summed E-state index contributed by atoms with van der Waals surface area (Å²) in [5.74, 6) is 1.25. The fraction of sp³-hybridized carbons (Fsp3) is 0.857. The number of hydrogen-bond donors (Lipinski definition) is 3. The summed E-state index contributed by atoms with van der Waals surface area (Å²) < 4.78 is 2.00. The molecule has 0 radical (unpaired) electrons. The van der Waals surface area contributed by atoms with Gasteiger partial charge in [-0.3, -0.25) is 20.8 Å². The molecule has 0 saturated carbocycles. The van der Waals surface area contributed by atoms with Crippen LogP contribution in [0.3, 0.4) is 0 Å².